The van der Waals surface area contributed by atoms with Gasteiger partial charge in [-0.15, -0.1) is 6.58 Å². The quantitative estimate of drug-likeness (QED) is 0.726. The molecule has 0 aromatic heterocycles. The van der Waals surface area contributed by atoms with Crippen molar-refractivity contribution in [1.82, 2.24) is 5.32 Å². The Hall–Kier alpha value is -0.790. The van der Waals surface area contributed by atoms with Gasteiger partial charge in [0.1, 0.15) is 0 Å². The summed E-state index contributed by atoms with van der Waals surface area (Å²) in [4.78, 5) is 0. The second kappa shape index (κ2) is 6.72. The van der Waals surface area contributed by atoms with E-state index >= 15 is 0 Å². The lowest BCUT2D eigenvalue weighted by molar-refractivity contribution is 0.459. The van der Waals surface area contributed by atoms with Gasteiger partial charge in [0, 0.05) is 17.1 Å². The third-order valence-corrected chi connectivity index (χ3v) is 2.96. The summed E-state index contributed by atoms with van der Waals surface area (Å²) in [5.74, 6) is 0. The maximum atomic E-state index is 5.86. The predicted molar refractivity (Wildman–Crippen MR) is 71.9 cm³/mol. The van der Waals surface area contributed by atoms with E-state index in [1.165, 1.54) is 5.56 Å². The van der Waals surface area contributed by atoms with E-state index in [4.69, 9.17) is 11.6 Å². The van der Waals surface area contributed by atoms with E-state index in [1.807, 2.05) is 18.2 Å². The first-order valence-electron chi connectivity index (χ1n) is 5.76. The molecule has 1 N–H and O–H groups in total. The first-order valence-corrected chi connectivity index (χ1v) is 6.13. The summed E-state index contributed by atoms with van der Waals surface area (Å²) >= 11 is 5.86. The monoisotopic (exact) mass is 237 g/mol. The number of allylic oxidation sites excluding steroid dienone is 1. The Balaban J connectivity index is 2.48. The van der Waals surface area contributed by atoms with Crippen molar-refractivity contribution in [3.63, 3.8) is 0 Å². The minimum absolute atomic E-state index is 0.358. The number of rotatable bonds is 6. The average molecular weight is 238 g/mol. The summed E-state index contributed by atoms with van der Waals surface area (Å²) in [6, 6.07) is 8.87. The molecule has 88 valence electrons. The Morgan fingerprint density at radius 2 is 1.94 bits per heavy atom. The maximum Gasteiger partial charge on any atom is 0.0406 e. The van der Waals surface area contributed by atoms with Crippen LogP contribution in [0.2, 0.25) is 5.02 Å². The molecule has 0 aliphatic carbocycles. The van der Waals surface area contributed by atoms with Crippen molar-refractivity contribution >= 4 is 11.6 Å². The molecule has 0 radical (unpaired) electrons. The van der Waals surface area contributed by atoms with E-state index < -0.39 is 0 Å². The van der Waals surface area contributed by atoms with Crippen LogP contribution in [0.3, 0.4) is 0 Å². The van der Waals surface area contributed by atoms with Crippen molar-refractivity contribution in [1.29, 1.82) is 0 Å². The Morgan fingerprint density at radius 3 is 2.50 bits per heavy atom. The lowest BCUT2D eigenvalue weighted by Gasteiger charge is -2.20. The predicted octanol–water partition coefficient (Wildman–Crippen LogP) is 4.35. The van der Waals surface area contributed by atoms with Gasteiger partial charge in [0.15, 0.2) is 0 Å². The molecule has 1 unspecified atom stereocenters. The van der Waals surface area contributed by atoms with Crippen LogP contribution in [0, 0.1) is 0 Å². The highest BCUT2D eigenvalue weighted by molar-refractivity contribution is 6.30. The van der Waals surface area contributed by atoms with Gasteiger partial charge >= 0.3 is 0 Å². The zero-order valence-corrected chi connectivity index (χ0v) is 10.8. The molecule has 0 saturated heterocycles. The van der Waals surface area contributed by atoms with Crippen LogP contribution in [0.1, 0.15) is 38.3 Å². The van der Waals surface area contributed by atoms with E-state index in [0.29, 0.717) is 12.1 Å². The summed E-state index contributed by atoms with van der Waals surface area (Å²) < 4.78 is 0. The Kier molecular flexibility index (Phi) is 5.58. The molecule has 1 aromatic rings. The molecule has 0 fully saturated rings. The molecule has 0 amide bonds. The van der Waals surface area contributed by atoms with Crippen molar-refractivity contribution in [2.24, 2.45) is 0 Å². The molecule has 16 heavy (non-hydrogen) atoms. The van der Waals surface area contributed by atoms with Gasteiger partial charge in [0.2, 0.25) is 0 Å². The van der Waals surface area contributed by atoms with Crippen LogP contribution in [0.5, 0.6) is 0 Å². The van der Waals surface area contributed by atoms with Crippen molar-refractivity contribution in [2.45, 2.75) is 38.8 Å². The summed E-state index contributed by atoms with van der Waals surface area (Å²) in [7, 11) is 0. The molecular formula is C14H20ClN. The van der Waals surface area contributed by atoms with Crippen molar-refractivity contribution < 1.29 is 0 Å². The van der Waals surface area contributed by atoms with Gasteiger partial charge in [-0.05, 0) is 44.4 Å². The summed E-state index contributed by atoms with van der Waals surface area (Å²) in [5.41, 5.74) is 1.27. The van der Waals surface area contributed by atoms with Crippen LogP contribution >= 0.6 is 11.6 Å². The van der Waals surface area contributed by atoms with Gasteiger partial charge in [0.25, 0.3) is 0 Å². The van der Waals surface area contributed by atoms with Crippen molar-refractivity contribution in [3.8, 4) is 0 Å². The molecule has 2 heteroatoms. The van der Waals surface area contributed by atoms with E-state index in [2.05, 4.69) is 37.9 Å². The smallest absolute Gasteiger partial charge is 0.0406 e. The number of hydrogen-bond donors (Lipinski definition) is 1. The fraction of sp³-hybridized carbons (Fsp3) is 0.429. The molecule has 0 saturated carbocycles. The molecule has 0 aliphatic rings. The van der Waals surface area contributed by atoms with E-state index in [-0.39, 0.29) is 0 Å². The number of benzene rings is 1. The normalized spacial score (nSPS) is 14.4. The van der Waals surface area contributed by atoms with E-state index in [0.717, 1.165) is 17.9 Å². The molecule has 0 bridgehead atoms. The average Bonchev–Trinajstić information content (AvgIpc) is 2.27. The minimum atomic E-state index is 0.358. The van der Waals surface area contributed by atoms with Crippen LogP contribution in [-0.2, 0) is 0 Å². The van der Waals surface area contributed by atoms with Crippen LogP contribution in [-0.4, -0.2) is 6.04 Å². The van der Waals surface area contributed by atoms with Crippen molar-refractivity contribution in [3.05, 3.63) is 47.5 Å². The topological polar surface area (TPSA) is 12.0 Å². The number of hydrogen-bond acceptors (Lipinski definition) is 1. The van der Waals surface area contributed by atoms with Crippen LogP contribution in [0.25, 0.3) is 0 Å². The maximum absolute atomic E-state index is 5.86. The second-order valence-electron chi connectivity index (χ2n) is 4.21. The largest absolute Gasteiger partial charge is 0.308 e. The molecule has 1 aromatic carbocycles. The SMILES string of the molecule is C=CCCC(C)N[C@@H](C)c1ccc(Cl)cc1. The zero-order valence-electron chi connectivity index (χ0n) is 10.0. The van der Waals surface area contributed by atoms with E-state index in [9.17, 15) is 0 Å². The zero-order chi connectivity index (χ0) is 12.0. The van der Waals surface area contributed by atoms with Crippen molar-refractivity contribution in [2.75, 3.05) is 0 Å². The molecule has 1 nitrogen and oxygen atoms in total. The first kappa shape index (κ1) is 13.3. The molecule has 0 aliphatic heterocycles. The van der Waals surface area contributed by atoms with Crippen LogP contribution < -0.4 is 5.32 Å². The molecule has 0 heterocycles. The van der Waals surface area contributed by atoms with Gasteiger partial charge in [-0.25, -0.2) is 0 Å². The first-order chi connectivity index (χ1) is 7.63. The summed E-state index contributed by atoms with van der Waals surface area (Å²) in [6.07, 6.45) is 4.15. The lowest BCUT2D eigenvalue weighted by Crippen LogP contribution is -2.28. The van der Waals surface area contributed by atoms with Crippen LogP contribution in [0.4, 0.5) is 0 Å². The minimum Gasteiger partial charge on any atom is -0.308 e. The highest BCUT2D eigenvalue weighted by atomic mass is 35.5. The highest BCUT2D eigenvalue weighted by Crippen LogP contribution is 2.17. The van der Waals surface area contributed by atoms with Gasteiger partial charge in [-0.2, -0.15) is 0 Å². The Labute approximate surface area is 104 Å². The summed E-state index contributed by atoms with van der Waals surface area (Å²) in [6.45, 7) is 8.12. The second-order valence-corrected chi connectivity index (χ2v) is 4.64. The molecule has 2 atom stereocenters. The molecule has 0 spiro atoms. The Morgan fingerprint density at radius 1 is 1.31 bits per heavy atom. The lowest BCUT2D eigenvalue weighted by atomic mass is 10.1. The highest BCUT2D eigenvalue weighted by Gasteiger charge is 2.08. The third kappa shape index (κ3) is 4.38. The van der Waals surface area contributed by atoms with Crippen LogP contribution in [0.15, 0.2) is 36.9 Å². The molecular weight excluding hydrogens is 218 g/mol. The fourth-order valence-corrected chi connectivity index (χ4v) is 1.85. The van der Waals surface area contributed by atoms with E-state index in [1.54, 1.807) is 0 Å². The third-order valence-electron chi connectivity index (χ3n) is 2.71. The number of halogens is 1. The number of nitrogens with one attached hydrogen (secondary N) is 1. The fourth-order valence-electron chi connectivity index (χ4n) is 1.73. The Bertz CT molecular complexity index is 318. The van der Waals surface area contributed by atoms with Gasteiger partial charge in [-0.1, -0.05) is 29.8 Å². The molecule has 1 rings (SSSR count). The van der Waals surface area contributed by atoms with Gasteiger partial charge < -0.3 is 5.32 Å². The van der Waals surface area contributed by atoms with Gasteiger partial charge in [0.05, 0.1) is 0 Å². The van der Waals surface area contributed by atoms with Gasteiger partial charge in [-0.3, -0.25) is 0 Å². The standard InChI is InChI=1S/C14H20ClN/c1-4-5-6-11(2)16-12(3)13-7-9-14(15)10-8-13/h4,7-12,16H,1,5-6H2,2-3H3/t11?,12-/m0/s1. The summed E-state index contributed by atoms with van der Waals surface area (Å²) in [5, 5.41) is 4.35.